The average Bonchev–Trinajstić information content (AvgIpc) is 2.80. The third-order valence-electron chi connectivity index (χ3n) is 8.28. The predicted octanol–water partition coefficient (Wildman–Crippen LogP) is 3.01. The highest BCUT2D eigenvalue weighted by atomic mass is 16.3. The van der Waals surface area contributed by atoms with Crippen LogP contribution in [0, 0.1) is 17.8 Å². The number of primary amides is 1. The van der Waals surface area contributed by atoms with Gasteiger partial charge in [0.25, 0.3) is 5.91 Å². The number of fused-ring (bicyclic) bond motifs is 3. The number of carbonyl (C=O) groups is 3. The van der Waals surface area contributed by atoms with Crippen molar-refractivity contribution in [3.05, 3.63) is 51.0 Å². The number of phenolic OH excluding ortho intramolecular Hbond substituents is 1. The number of aryl methyl sites for hydroxylation is 1. The summed E-state index contributed by atoms with van der Waals surface area (Å²) in [6.07, 6.45) is 5.05. The van der Waals surface area contributed by atoms with E-state index in [0.717, 1.165) is 37.1 Å². The lowest BCUT2D eigenvalue weighted by atomic mass is 9.62. The number of nitrogens with zero attached hydrogens (tertiary/aromatic N) is 1. The Labute approximate surface area is 204 Å². The van der Waals surface area contributed by atoms with E-state index in [9.17, 15) is 29.7 Å². The highest BCUT2D eigenvalue weighted by molar-refractivity contribution is 6.22. The molecule has 1 aromatic rings. The number of aliphatic hydroxyl groups is 2. The van der Waals surface area contributed by atoms with E-state index in [1.165, 1.54) is 6.42 Å². The topological polar surface area (TPSA) is 141 Å². The number of benzene rings is 1. The van der Waals surface area contributed by atoms with Crippen molar-refractivity contribution in [3.63, 3.8) is 0 Å². The number of aromatic hydroxyl groups is 1. The number of likely N-dealkylation sites (tertiary alicyclic amines) is 1. The number of nitrogens with two attached hydrogens (primary N) is 1. The Balaban J connectivity index is 1.58. The number of Topliss-reactive ketones (excluding diaryl/α,β-unsaturated/α-hetero) is 2. The number of rotatable bonds is 4. The smallest absolute Gasteiger partial charge is 0.255 e. The standard InChI is InChI=1S/C27H32N2O6/c1-2-13-8-16(12-29-6-4-3-5-7-29)23(31)21-17(13)10-14-9-15-11-18(30)22(27(28)35)26(34)20(15)24(32)19(14)25(21)33/h8,14-15,20,30-32H,2-7,9-12H2,1H3,(H2,28,35). The first-order valence-electron chi connectivity index (χ1n) is 12.6. The molecule has 8 nitrogen and oxygen atoms in total. The Hall–Kier alpha value is -3.13. The summed E-state index contributed by atoms with van der Waals surface area (Å²) in [7, 11) is 0. The number of aliphatic hydroxyl groups excluding tert-OH is 2. The van der Waals surface area contributed by atoms with Crippen molar-refractivity contribution in [1.29, 1.82) is 0 Å². The van der Waals surface area contributed by atoms with Gasteiger partial charge in [-0.1, -0.05) is 19.4 Å². The van der Waals surface area contributed by atoms with Crippen LogP contribution in [0.4, 0.5) is 0 Å². The number of allylic oxidation sites excluding steroid dienone is 3. The first-order chi connectivity index (χ1) is 16.7. The highest BCUT2D eigenvalue weighted by Gasteiger charge is 2.50. The lowest BCUT2D eigenvalue weighted by Crippen LogP contribution is -2.43. The van der Waals surface area contributed by atoms with Crippen molar-refractivity contribution in [1.82, 2.24) is 4.90 Å². The number of phenols is 1. The molecule has 0 saturated carbocycles. The minimum absolute atomic E-state index is 0.0426. The van der Waals surface area contributed by atoms with E-state index in [4.69, 9.17) is 5.73 Å². The zero-order valence-electron chi connectivity index (χ0n) is 20.0. The average molecular weight is 481 g/mol. The van der Waals surface area contributed by atoms with Gasteiger partial charge in [-0.15, -0.1) is 0 Å². The van der Waals surface area contributed by atoms with Gasteiger partial charge in [0.15, 0.2) is 11.6 Å². The van der Waals surface area contributed by atoms with E-state index in [0.29, 0.717) is 31.4 Å². The lowest BCUT2D eigenvalue weighted by Gasteiger charge is -2.41. The fraction of sp³-hybridized carbons (Fsp3) is 0.519. The maximum Gasteiger partial charge on any atom is 0.255 e. The van der Waals surface area contributed by atoms with Gasteiger partial charge in [0.2, 0.25) is 0 Å². The number of amides is 1. The number of piperidine rings is 1. The highest BCUT2D eigenvalue weighted by Crippen LogP contribution is 2.50. The van der Waals surface area contributed by atoms with Crippen LogP contribution in [0.3, 0.4) is 0 Å². The van der Waals surface area contributed by atoms with E-state index in [1.54, 1.807) is 0 Å². The van der Waals surface area contributed by atoms with Crippen LogP contribution in [0.15, 0.2) is 28.7 Å². The first-order valence-corrected chi connectivity index (χ1v) is 12.6. The van der Waals surface area contributed by atoms with Crippen LogP contribution < -0.4 is 5.73 Å². The van der Waals surface area contributed by atoms with Crippen LogP contribution in [0.5, 0.6) is 5.75 Å². The van der Waals surface area contributed by atoms with Crippen LogP contribution in [0.2, 0.25) is 0 Å². The molecule has 3 atom stereocenters. The van der Waals surface area contributed by atoms with Gasteiger partial charge in [-0.25, -0.2) is 0 Å². The molecule has 1 amide bonds. The maximum atomic E-state index is 13.8. The van der Waals surface area contributed by atoms with Crippen molar-refractivity contribution in [2.24, 2.45) is 23.5 Å². The number of ketones is 2. The minimum atomic E-state index is -1.09. The second kappa shape index (κ2) is 8.82. The molecule has 35 heavy (non-hydrogen) atoms. The molecule has 0 spiro atoms. The summed E-state index contributed by atoms with van der Waals surface area (Å²) >= 11 is 0. The molecule has 0 aromatic heterocycles. The lowest BCUT2D eigenvalue weighted by molar-refractivity contribution is -0.126. The SMILES string of the molecule is CCc1cc(CN2CCCCC2)c(O)c2c1CC1CC3CC(O)=C(C(N)=O)C(=O)C3C(O)=C1C2=O. The Kier molecular flexibility index (Phi) is 5.95. The normalized spacial score (nSPS) is 26.9. The van der Waals surface area contributed by atoms with E-state index in [1.807, 2.05) is 13.0 Å². The van der Waals surface area contributed by atoms with Crippen molar-refractivity contribution >= 4 is 17.5 Å². The zero-order chi connectivity index (χ0) is 25.0. The molecule has 8 heteroatoms. The van der Waals surface area contributed by atoms with Gasteiger partial charge in [0.05, 0.1) is 11.5 Å². The molecule has 0 radical (unpaired) electrons. The van der Waals surface area contributed by atoms with Crippen molar-refractivity contribution < 1.29 is 29.7 Å². The Morgan fingerprint density at radius 3 is 2.46 bits per heavy atom. The maximum absolute atomic E-state index is 13.8. The van der Waals surface area contributed by atoms with Gasteiger partial charge in [-0.2, -0.15) is 0 Å². The molecule has 5 N–H and O–H groups in total. The summed E-state index contributed by atoms with van der Waals surface area (Å²) in [5.74, 6) is -4.82. The van der Waals surface area contributed by atoms with Crippen LogP contribution in [-0.4, -0.2) is 50.8 Å². The summed E-state index contributed by atoms with van der Waals surface area (Å²) in [5, 5.41) is 32.7. The fourth-order valence-electron chi connectivity index (χ4n) is 6.64. The van der Waals surface area contributed by atoms with Gasteiger partial charge in [0.1, 0.15) is 22.8 Å². The largest absolute Gasteiger partial charge is 0.511 e. The van der Waals surface area contributed by atoms with E-state index in [2.05, 4.69) is 4.90 Å². The Bertz CT molecular complexity index is 1190. The summed E-state index contributed by atoms with van der Waals surface area (Å²) in [5.41, 5.74) is 7.70. The fourth-order valence-corrected chi connectivity index (χ4v) is 6.64. The summed E-state index contributed by atoms with van der Waals surface area (Å²) < 4.78 is 0. The molecule has 1 saturated heterocycles. The Morgan fingerprint density at radius 2 is 1.80 bits per heavy atom. The van der Waals surface area contributed by atoms with Gasteiger partial charge >= 0.3 is 0 Å². The van der Waals surface area contributed by atoms with Gasteiger partial charge < -0.3 is 21.1 Å². The number of hydrogen-bond donors (Lipinski definition) is 4. The second-order valence-corrected chi connectivity index (χ2v) is 10.3. The molecule has 1 aliphatic heterocycles. The summed E-state index contributed by atoms with van der Waals surface area (Å²) in [6, 6.07) is 2.01. The minimum Gasteiger partial charge on any atom is -0.511 e. The molecule has 1 heterocycles. The van der Waals surface area contributed by atoms with Crippen molar-refractivity contribution in [3.8, 4) is 5.75 Å². The van der Waals surface area contributed by atoms with E-state index >= 15 is 0 Å². The van der Waals surface area contributed by atoms with Gasteiger partial charge in [-0.3, -0.25) is 19.3 Å². The second-order valence-electron chi connectivity index (χ2n) is 10.3. The molecule has 1 fully saturated rings. The molecule has 4 aliphatic rings. The van der Waals surface area contributed by atoms with Crippen molar-refractivity contribution in [2.75, 3.05) is 13.1 Å². The zero-order valence-corrected chi connectivity index (χ0v) is 20.0. The molecule has 5 rings (SSSR count). The third kappa shape index (κ3) is 3.75. The monoisotopic (exact) mass is 480 g/mol. The molecule has 1 aromatic carbocycles. The summed E-state index contributed by atoms with van der Waals surface area (Å²) in [6.45, 7) is 4.49. The first kappa shape index (κ1) is 23.6. The van der Waals surface area contributed by atoms with Crippen LogP contribution in [-0.2, 0) is 29.0 Å². The number of carbonyl (C=O) groups excluding carboxylic acids is 3. The van der Waals surface area contributed by atoms with Gasteiger partial charge in [0, 0.05) is 24.1 Å². The van der Waals surface area contributed by atoms with Crippen LogP contribution in [0.1, 0.15) is 66.1 Å². The van der Waals surface area contributed by atoms with E-state index in [-0.39, 0.29) is 40.7 Å². The summed E-state index contributed by atoms with van der Waals surface area (Å²) in [4.78, 5) is 40.9. The molecule has 3 aliphatic carbocycles. The third-order valence-corrected chi connectivity index (χ3v) is 8.28. The molecule has 186 valence electrons. The molecule has 0 bridgehead atoms. The van der Waals surface area contributed by atoms with Crippen molar-refractivity contribution in [2.45, 2.75) is 58.4 Å². The predicted molar refractivity (Wildman–Crippen MR) is 128 cm³/mol. The molecule has 3 unspecified atom stereocenters. The Morgan fingerprint density at radius 1 is 1.09 bits per heavy atom. The van der Waals surface area contributed by atoms with Gasteiger partial charge in [-0.05, 0) is 68.2 Å². The quantitative estimate of drug-likeness (QED) is 0.486. The van der Waals surface area contributed by atoms with Crippen LogP contribution in [0.25, 0.3) is 0 Å². The molecular weight excluding hydrogens is 448 g/mol. The number of hydrogen-bond acceptors (Lipinski definition) is 7. The van der Waals surface area contributed by atoms with E-state index < -0.39 is 34.9 Å². The van der Waals surface area contributed by atoms with Crippen LogP contribution >= 0.6 is 0 Å². The molecular formula is C27H32N2O6.